The van der Waals surface area contributed by atoms with Gasteiger partial charge in [0, 0.05) is 22.0 Å². The minimum atomic E-state index is -1.24. The molecule has 1 saturated heterocycles. The molecule has 0 unspecified atom stereocenters. The molecule has 0 radical (unpaired) electrons. The summed E-state index contributed by atoms with van der Waals surface area (Å²) in [6, 6.07) is 18.1. The van der Waals surface area contributed by atoms with Crippen molar-refractivity contribution in [3.8, 4) is 0 Å². The van der Waals surface area contributed by atoms with Crippen LogP contribution in [0.2, 0.25) is 10.0 Å². The van der Waals surface area contributed by atoms with Crippen molar-refractivity contribution in [1.29, 1.82) is 0 Å². The molecule has 0 aromatic heterocycles. The SMILES string of the molecule is O=C(NC1CCCCC1)N1C(=O)[C@]2(c3ccc(Cl)cc31)[C@@H](c1cccc(F)c1)NCC[C@H]2c1cccc(Cl)c1. The number of urea groups is 1. The van der Waals surface area contributed by atoms with Crippen LogP contribution in [0.5, 0.6) is 0 Å². The van der Waals surface area contributed by atoms with Crippen molar-refractivity contribution < 1.29 is 14.0 Å². The van der Waals surface area contributed by atoms with Gasteiger partial charge in [0.15, 0.2) is 0 Å². The monoisotopic (exact) mass is 565 g/mol. The van der Waals surface area contributed by atoms with Crippen molar-refractivity contribution in [2.24, 2.45) is 0 Å². The van der Waals surface area contributed by atoms with Gasteiger partial charge in [0.2, 0.25) is 5.91 Å². The second-order valence-electron chi connectivity index (χ2n) is 10.8. The van der Waals surface area contributed by atoms with Crippen LogP contribution < -0.4 is 15.5 Å². The highest BCUT2D eigenvalue weighted by molar-refractivity contribution is 6.32. The molecule has 2 heterocycles. The molecule has 2 aliphatic heterocycles. The van der Waals surface area contributed by atoms with E-state index in [2.05, 4.69) is 10.6 Å². The summed E-state index contributed by atoms with van der Waals surface area (Å²) in [5, 5.41) is 7.64. The molecule has 3 aliphatic rings. The van der Waals surface area contributed by atoms with E-state index in [0.717, 1.165) is 37.7 Å². The summed E-state index contributed by atoms with van der Waals surface area (Å²) in [6.07, 6.45) is 5.65. The maximum absolute atomic E-state index is 14.9. The smallest absolute Gasteiger partial charge is 0.329 e. The average molecular weight is 567 g/mol. The number of nitrogens with zero attached hydrogens (tertiary/aromatic N) is 1. The lowest BCUT2D eigenvalue weighted by atomic mass is 9.59. The third-order valence-corrected chi connectivity index (χ3v) is 9.03. The molecule has 1 saturated carbocycles. The number of halogens is 3. The van der Waals surface area contributed by atoms with E-state index in [1.54, 1.807) is 24.3 Å². The Kier molecular flexibility index (Phi) is 7.13. The maximum Gasteiger partial charge on any atom is 0.329 e. The minimum absolute atomic E-state index is 0.0189. The van der Waals surface area contributed by atoms with Crippen LogP contribution in [0, 0.1) is 5.82 Å². The lowest BCUT2D eigenvalue weighted by Crippen LogP contribution is -2.58. The first-order valence-corrected chi connectivity index (χ1v) is 14.3. The molecule has 202 valence electrons. The predicted molar refractivity (Wildman–Crippen MR) is 152 cm³/mol. The number of rotatable bonds is 3. The minimum Gasteiger partial charge on any atom is -0.335 e. The van der Waals surface area contributed by atoms with Crippen LogP contribution in [0.15, 0.2) is 66.7 Å². The van der Waals surface area contributed by atoms with Crippen LogP contribution in [0.25, 0.3) is 0 Å². The third-order valence-electron chi connectivity index (χ3n) is 8.56. The molecule has 5 nitrogen and oxygen atoms in total. The lowest BCUT2D eigenvalue weighted by Gasteiger charge is -2.47. The van der Waals surface area contributed by atoms with Crippen molar-refractivity contribution in [1.82, 2.24) is 10.6 Å². The largest absolute Gasteiger partial charge is 0.335 e. The number of nitrogens with one attached hydrogen (secondary N) is 2. The van der Waals surface area contributed by atoms with Crippen LogP contribution in [0.4, 0.5) is 14.9 Å². The average Bonchev–Trinajstić information content (AvgIpc) is 3.17. The van der Waals surface area contributed by atoms with Crippen molar-refractivity contribution >= 4 is 40.8 Å². The van der Waals surface area contributed by atoms with Gasteiger partial charge in [-0.15, -0.1) is 0 Å². The van der Waals surface area contributed by atoms with E-state index >= 15 is 0 Å². The Hall–Kier alpha value is -2.93. The van der Waals surface area contributed by atoms with Crippen molar-refractivity contribution in [3.63, 3.8) is 0 Å². The zero-order chi connectivity index (χ0) is 27.1. The second kappa shape index (κ2) is 10.6. The molecule has 2 N–H and O–H groups in total. The molecule has 3 atom stereocenters. The maximum atomic E-state index is 14.9. The predicted octanol–water partition coefficient (Wildman–Crippen LogP) is 7.28. The van der Waals surface area contributed by atoms with Gasteiger partial charge in [-0.3, -0.25) is 4.79 Å². The summed E-state index contributed by atoms with van der Waals surface area (Å²) in [5.74, 6) is -1.06. The van der Waals surface area contributed by atoms with Crippen LogP contribution >= 0.6 is 23.2 Å². The van der Waals surface area contributed by atoms with Gasteiger partial charge in [0.1, 0.15) is 11.2 Å². The van der Waals surface area contributed by atoms with Gasteiger partial charge >= 0.3 is 6.03 Å². The van der Waals surface area contributed by atoms with E-state index in [1.807, 2.05) is 30.3 Å². The first kappa shape index (κ1) is 26.3. The van der Waals surface area contributed by atoms with E-state index in [4.69, 9.17) is 23.2 Å². The summed E-state index contributed by atoms with van der Waals surface area (Å²) in [5.41, 5.74) is 1.47. The molecule has 0 bridgehead atoms. The Labute approximate surface area is 237 Å². The van der Waals surface area contributed by atoms with E-state index in [1.165, 1.54) is 17.0 Å². The normalized spacial score (nSPS) is 25.1. The Morgan fingerprint density at radius 3 is 2.44 bits per heavy atom. The highest BCUT2D eigenvalue weighted by Crippen LogP contribution is 2.59. The molecular weight excluding hydrogens is 536 g/mol. The van der Waals surface area contributed by atoms with E-state index in [-0.39, 0.29) is 23.7 Å². The van der Waals surface area contributed by atoms with E-state index in [0.29, 0.717) is 39.8 Å². The van der Waals surface area contributed by atoms with Crippen LogP contribution in [0.3, 0.4) is 0 Å². The number of imide groups is 1. The van der Waals surface area contributed by atoms with Gasteiger partial charge in [-0.25, -0.2) is 14.1 Å². The van der Waals surface area contributed by atoms with Crippen molar-refractivity contribution in [3.05, 3.63) is 99.3 Å². The Morgan fingerprint density at radius 1 is 0.923 bits per heavy atom. The number of piperidine rings is 1. The molecule has 6 rings (SSSR count). The van der Waals surface area contributed by atoms with Gasteiger partial charge < -0.3 is 10.6 Å². The summed E-state index contributed by atoms with van der Waals surface area (Å²) in [4.78, 5) is 30.1. The van der Waals surface area contributed by atoms with Gasteiger partial charge in [-0.2, -0.15) is 0 Å². The van der Waals surface area contributed by atoms with Gasteiger partial charge in [-0.1, -0.05) is 72.8 Å². The highest BCUT2D eigenvalue weighted by Gasteiger charge is 2.63. The Bertz CT molecular complexity index is 1370. The first-order valence-electron chi connectivity index (χ1n) is 13.6. The number of anilines is 1. The van der Waals surface area contributed by atoms with Crippen molar-refractivity contribution in [2.75, 3.05) is 11.4 Å². The number of hydrogen-bond acceptors (Lipinski definition) is 3. The molecular formula is C31H30Cl2FN3O2. The zero-order valence-corrected chi connectivity index (χ0v) is 22.9. The molecule has 8 heteroatoms. The van der Waals surface area contributed by atoms with Crippen LogP contribution in [-0.2, 0) is 10.2 Å². The summed E-state index contributed by atoms with van der Waals surface area (Å²) < 4.78 is 14.6. The van der Waals surface area contributed by atoms with Crippen molar-refractivity contribution in [2.45, 2.75) is 61.9 Å². The first-order chi connectivity index (χ1) is 18.9. The molecule has 39 heavy (non-hydrogen) atoms. The Morgan fingerprint density at radius 2 is 1.67 bits per heavy atom. The van der Waals surface area contributed by atoms with Crippen LogP contribution in [0.1, 0.15) is 67.2 Å². The fourth-order valence-electron chi connectivity index (χ4n) is 6.93. The fraction of sp³-hybridized carbons (Fsp3) is 0.355. The number of amides is 3. The topological polar surface area (TPSA) is 61.4 Å². The fourth-order valence-corrected chi connectivity index (χ4v) is 7.30. The highest BCUT2D eigenvalue weighted by atomic mass is 35.5. The van der Waals surface area contributed by atoms with Crippen LogP contribution in [-0.4, -0.2) is 24.5 Å². The van der Waals surface area contributed by atoms with Gasteiger partial charge in [0.05, 0.1) is 11.7 Å². The number of hydrogen-bond donors (Lipinski definition) is 2. The molecule has 3 aromatic rings. The summed E-state index contributed by atoms with van der Waals surface area (Å²) in [7, 11) is 0. The van der Waals surface area contributed by atoms with Gasteiger partial charge in [-0.05, 0) is 78.9 Å². The number of carbonyl (C=O) groups is 2. The summed E-state index contributed by atoms with van der Waals surface area (Å²) in [6.45, 7) is 0.602. The zero-order valence-electron chi connectivity index (χ0n) is 21.4. The molecule has 2 fully saturated rings. The molecule has 3 amide bonds. The molecule has 1 aliphatic carbocycles. The number of fused-ring (bicyclic) bond motifs is 2. The van der Waals surface area contributed by atoms with E-state index < -0.39 is 17.5 Å². The third kappa shape index (κ3) is 4.52. The Balaban J connectivity index is 1.55. The quantitative estimate of drug-likeness (QED) is 0.351. The molecule has 3 aromatic carbocycles. The second-order valence-corrected chi connectivity index (χ2v) is 11.7. The van der Waals surface area contributed by atoms with E-state index in [9.17, 15) is 14.0 Å². The summed E-state index contributed by atoms with van der Waals surface area (Å²) >= 11 is 12.9. The number of carbonyl (C=O) groups excluding carboxylic acids is 2. The number of benzene rings is 3. The molecule has 1 spiro atoms. The standard InChI is InChI=1S/C31H30Cl2FN3O2/c32-21-8-4-6-19(16-21)25-14-15-35-28(20-7-5-9-23(34)17-20)31(25)26-13-12-22(33)18-27(26)37(29(31)38)30(39)36-24-10-2-1-3-11-24/h4-9,12-13,16-18,24-25,28,35H,1-3,10-11,14-15H2,(H,36,39)/t25-,28+,31+/m0/s1. The lowest BCUT2D eigenvalue weighted by molar-refractivity contribution is -0.125. The van der Waals surface area contributed by atoms with Gasteiger partial charge in [0.25, 0.3) is 0 Å².